The highest BCUT2D eigenvalue weighted by Gasteiger charge is 2.36. The van der Waals surface area contributed by atoms with Crippen LogP contribution >= 0.6 is 11.3 Å². The second-order valence-electron chi connectivity index (χ2n) is 7.70. The zero-order chi connectivity index (χ0) is 21.9. The van der Waals surface area contributed by atoms with E-state index in [-0.39, 0.29) is 24.8 Å². The number of morpholine rings is 1. The number of benzene rings is 2. The van der Waals surface area contributed by atoms with Crippen molar-refractivity contribution >= 4 is 28.8 Å². The van der Waals surface area contributed by atoms with Gasteiger partial charge in [0, 0.05) is 24.0 Å². The molecule has 1 saturated heterocycles. The van der Waals surface area contributed by atoms with Crippen LogP contribution in [0.25, 0.3) is 10.6 Å². The number of rotatable bonds is 4. The number of carbonyl (C=O) groups excluding carboxylic acids is 2. The van der Waals surface area contributed by atoms with Crippen molar-refractivity contribution in [2.24, 2.45) is 0 Å². The van der Waals surface area contributed by atoms with Crippen molar-refractivity contribution in [2.75, 3.05) is 37.7 Å². The summed E-state index contributed by atoms with van der Waals surface area (Å²) in [6.45, 7) is 2.29. The molecule has 2 amide bonds. The molecule has 1 fully saturated rings. The van der Waals surface area contributed by atoms with Crippen LogP contribution in [0.15, 0.2) is 60.0 Å². The summed E-state index contributed by atoms with van der Waals surface area (Å²) in [7, 11) is 0. The second-order valence-corrected chi connectivity index (χ2v) is 8.56. The summed E-state index contributed by atoms with van der Waals surface area (Å²) in [5.74, 6) is 0.327. The minimum atomic E-state index is -0.734. The highest BCUT2D eigenvalue weighted by molar-refractivity contribution is 7.13. The third-order valence-corrected chi connectivity index (χ3v) is 6.52. The second kappa shape index (κ2) is 9.10. The molecule has 2 aromatic carbocycles. The molecule has 7 nitrogen and oxygen atoms in total. The fourth-order valence-electron chi connectivity index (χ4n) is 3.94. The molecule has 1 aromatic heterocycles. The Kier molecular flexibility index (Phi) is 5.87. The van der Waals surface area contributed by atoms with Gasteiger partial charge in [-0.1, -0.05) is 42.5 Å². The molecule has 5 rings (SSSR count). The van der Waals surface area contributed by atoms with Crippen molar-refractivity contribution in [1.29, 1.82) is 0 Å². The average molecular weight is 450 g/mol. The third-order valence-electron chi connectivity index (χ3n) is 5.58. The monoisotopic (exact) mass is 449 g/mol. The van der Waals surface area contributed by atoms with Crippen molar-refractivity contribution in [2.45, 2.75) is 12.5 Å². The third kappa shape index (κ3) is 4.24. The van der Waals surface area contributed by atoms with Crippen LogP contribution in [-0.2, 0) is 20.7 Å². The molecule has 0 spiro atoms. The van der Waals surface area contributed by atoms with E-state index in [2.05, 4.69) is 4.98 Å². The van der Waals surface area contributed by atoms with Crippen LogP contribution in [0, 0.1) is 0 Å². The fourth-order valence-corrected chi connectivity index (χ4v) is 4.76. The van der Waals surface area contributed by atoms with Gasteiger partial charge < -0.3 is 19.3 Å². The van der Waals surface area contributed by atoms with E-state index >= 15 is 0 Å². The first-order valence-electron chi connectivity index (χ1n) is 10.6. The lowest BCUT2D eigenvalue weighted by atomic mass is 10.1. The number of para-hydroxylation sites is 2. The molecular formula is C24H23N3O4S. The van der Waals surface area contributed by atoms with Crippen LogP contribution in [0.2, 0.25) is 0 Å². The first kappa shape index (κ1) is 20.7. The number of amides is 2. The summed E-state index contributed by atoms with van der Waals surface area (Å²) in [6.07, 6.45) is -0.571. The lowest BCUT2D eigenvalue weighted by Gasteiger charge is -2.37. The number of anilines is 1. The topological polar surface area (TPSA) is 72.0 Å². The van der Waals surface area contributed by atoms with E-state index in [4.69, 9.17) is 9.47 Å². The number of thiazole rings is 1. The summed E-state index contributed by atoms with van der Waals surface area (Å²) >= 11 is 1.52. The molecule has 0 N–H and O–H groups in total. The standard InChI is InChI=1S/C24H23N3O4S/c28-22(14-18-16-32-23(25-18)17-6-2-1-3-7-17)27-15-21(24(29)26-10-12-30-13-11-26)31-20-9-5-4-8-19(20)27/h1-9,16,21H,10-15H2. The molecule has 2 aliphatic heterocycles. The van der Waals surface area contributed by atoms with Gasteiger partial charge in [0.1, 0.15) is 10.8 Å². The Morgan fingerprint density at radius 3 is 2.59 bits per heavy atom. The maximum Gasteiger partial charge on any atom is 0.265 e. The van der Waals surface area contributed by atoms with Crippen LogP contribution < -0.4 is 9.64 Å². The fraction of sp³-hybridized carbons (Fsp3) is 0.292. The van der Waals surface area contributed by atoms with E-state index in [0.717, 1.165) is 16.3 Å². The molecule has 1 atom stereocenters. The lowest BCUT2D eigenvalue weighted by molar-refractivity contribution is -0.142. The summed E-state index contributed by atoms with van der Waals surface area (Å²) < 4.78 is 11.3. The molecule has 164 valence electrons. The molecule has 0 bridgehead atoms. The van der Waals surface area contributed by atoms with Crippen LogP contribution in [-0.4, -0.2) is 60.7 Å². The minimum absolute atomic E-state index is 0.106. The van der Waals surface area contributed by atoms with E-state index in [1.807, 2.05) is 53.9 Å². The Morgan fingerprint density at radius 2 is 1.78 bits per heavy atom. The van der Waals surface area contributed by atoms with Crippen molar-refractivity contribution in [1.82, 2.24) is 9.88 Å². The Balaban J connectivity index is 1.35. The number of hydrogen-bond donors (Lipinski definition) is 0. The molecule has 0 aliphatic carbocycles. The number of fused-ring (bicyclic) bond motifs is 1. The Hall–Kier alpha value is -3.23. The normalized spacial score (nSPS) is 18.1. The SMILES string of the molecule is O=C(C1CN(C(=O)Cc2csc(-c3ccccc3)n2)c2ccccc2O1)N1CCOCC1. The highest BCUT2D eigenvalue weighted by atomic mass is 32.1. The smallest absolute Gasteiger partial charge is 0.265 e. The van der Waals surface area contributed by atoms with Gasteiger partial charge in [-0.15, -0.1) is 11.3 Å². The Labute approximate surface area is 190 Å². The largest absolute Gasteiger partial charge is 0.476 e. The van der Waals surface area contributed by atoms with Gasteiger partial charge in [0.25, 0.3) is 5.91 Å². The summed E-state index contributed by atoms with van der Waals surface area (Å²) in [4.78, 5) is 34.4. The van der Waals surface area contributed by atoms with E-state index < -0.39 is 6.10 Å². The van der Waals surface area contributed by atoms with Crippen molar-refractivity contribution < 1.29 is 19.1 Å². The predicted molar refractivity (Wildman–Crippen MR) is 122 cm³/mol. The van der Waals surface area contributed by atoms with Crippen LogP contribution in [0.4, 0.5) is 5.69 Å². The number of aromatic nitrogens is 1. The van der Waals surface area contributed by atoms with E-state index in [1.165, 1.54) is 11.3 Å². The Bertz CT molecular complexity index is 1110. The van der Waals surface area contributed by atoms with Crippen molar-refractivity contribution in [3.05, 3.63) is 65.7 Å². The first-order chi connectivity index (χ1) is 15.7. The molecule has 1 unspecified atom stereocenters. The van der Waals surface area contributed by atoms with E-state index in [9.17, 15) is 9.59 Å². The van der Waals surface area contributed by atoms with Crippen LogP contribution in [0.1, 0.15) is 5.69 Å². The number of hydrogen-bond acceptors (Lipinski definition) is 6. The van der Waals surface area contributed by atoms with Gasteiger partial charge in [-0.05, 0) is 12.1 Å². The van der Waals surface area contributed by atoms with Crippen LogP contribution in [0.3, 0.4) is 0 Å². The number of ether oxygens (including phenoxy) is 2. The summed E-state index contributed by atoms with van der Waals surface area (Å²) in [5.41, 5.74) is 2.44. The van der Waals surface area contributed by atoms with Gasteiger partial charge in [-0.3, -0.25) is 9.59 Å². The summed E-state index contributed by atoms with van der Waals surface area (Å²) in [6, 6.07) is 17.3. The van der Waals surface area contributed by atoms with Gasteiger partial charge in [-0.25, -0.2) is 4.98 Å². The Morgan fingerprint density at radius 1 is 1.03 bits per heavy atom. The van der Waals surface area contributed by atoms with Crippen molar-refractivity contribution in [3.63, 3.8) is 0 Å². The zero-order valence-corrected chi connectivity index (χ0v) is 18.3. The van der Waals surface area contributed by atoms with E-state index in [0.29, 0.717) is 37.7 Å². The van der Waals surface area contributed by atoms with Crippen LogP contribution in [0.5, 0.6) is 5.75 Å². The van der Waals surface area contributed by atoms with Gasteiger partial charge >= 0.3 is 0 Å². The van der Waals surface area contributed by atoms with E-state index in [1.54, 1.807) is 15.9 Å². The number of carbonyl (C=O) groups is 2. The average Bonchev–Trinajstić information content (AvgIpc) is 3.32. The summed E-state index contributed by atoms with van der Waals surface area (Å²) in [5, 5.41) is 2.80. The minimum Gasteiger partial charge on any atom is -0.476 e. The molecule has 8 heteroatoms. The molecule has 3 heterocycles. The molecule has 32 heavy (non-hydrogen) atoms. The maximum absolute atomic E-state index is 13.3. The van der Waals surface area contributed by atoms with Gasteiger partial charge in [-0.2, -0.15) is 0 Å². The van der Waals surface area contributed by atoms with Gasteiger partial charge in [0.05, 0.1) is 37.6 Å². The molecule has 0 saturated carbocycles. The number of nitrogens with zero attached hydrogens (tertiary/aromatic N) is 3. The van der Waals surface area contributed by atoms with Gasteiger partial charge in [0.15, 0.2) is 6.10 Å². The molecular weight excluding hydrogens is 426 g/mol. The lowest BCUT2D eigenvalue weighted by Crippen LogP contribution is -2.54. The highest BCUT2D eigenvalue weighted by Crippen LogP contribution is 2.34. The maximum atomic E-state index is 13.3. The zero-order valence-electron chi connectivity index (χ0n) is 17.5. The predicted octanol–water partition coefficient (Wildman–Crippen LogP) is 3.01. The van der Waals surface area contributed by atoms with Crippen molar-refractivity contribution in [3.8, 4) is 16.3 Å². The molecule has 0 radical (unpaired) electrons. The molecule has 2 aliphatic rings. The first-order valence-corrected chi connectivity index (χ1v) is 11.5. The molecule has 3 aromatic rings. The van der Waals surface area contributed by atoms with Gasteiger partial charge in [0.2, 0.25) is 5.91 Å². The quantitative estimate of drug-likeness (QED) is 0.612.